The molecule has 2 nitrogen and oxygen atoms in total. The third kappa shape index (κ3) is 18.1. The van der Waals surface area contributed by atoms with Crippen LogP contribution in [0.5, 0.6) is 5.75 Å². The van der Waals surface area contributed by atoms with E-state index in [2.05, 4.69) is 61.9 Å². The van der Waals surface area contributed by atoms with Crippen LogP contribution in [0.15, 0.2) is 83.9 Å². The van der Waals surface area contributed by atoms with E-state index in [-0.39, 0.29) is 24.8 Å². The molecule has 0 radical (unpaired) electrons. The van der Waals surface area contributed by atoms with E-state index < -0.39 is 0 Å². The first kappa shape index (κ1) is 55.0. The smallest absolute Gasteiger partial charge is 0.162 e. The van der Waals surface area contributed by atoms with Gasteiger partial charge in [0.15, 0.2) is 6.61 Å². The van der Waals surface area contributed by atoms with E-state index in [1.165, 1.54) is 88.6 Å². The number of benzene rings is 2. The molecule has 1 heterocycles. The lowest BCUT2D eigenvalue weighted by atomic mass is 9.99. The quantitative estimate of drug-likeness (QED) is 0.122. The number of nitrogens with zero attached hydrogens (tertiary/aromatic N) is 1. The van der Waals surface area contributed by atoms with Crippen molar-refractivity contribution in [2.45, 2.75) is 233 Å². The molecule has 0 saturated heterocycles. The van der Waals surface area contributed by atoms with Crippen LogP contribution in [0.25, 0.3) is 6.08 Å². The molecular formula is C58H91Cl2NOP2S. The average molecular weight is 983 g/mol. The SMILES string of the molecule is C1CCC(P(C2CCCCC2)C2CCCCC2)CC1.C1CCC(P(C2CCCCC2)C2CCCCC2)CC1.C[N+](C)(Cc1cccs1)C(=Cc1ccccc1)COc1ccccc1.Cl.[Cl-]. The number of thiophene rings is 1. The number of quaternary nitrogens is 1. The number of hydrogen-bond acceptors (Lipinski definition) is 2. The summed E-state index contributed by atoms with van der Waals surface area (Å²) in [6.45, 7) is 1.52. The predicted octanol–water partition coefficient (Wildman–Crippen LogP) is 15.8. The van der Waals surface area contributed by atoms with Crippen LogP contribution in [0.1, 0.15) is 203 Å². The summed E-state index contributed by atoms with van der Waals surface area (Å²) >= 11 is 1.80. The van der Waals surface area contributed by atoms with Crippen LogP contribution in [0, 0.1) is 0 Å². The molecule has 6 aliphatic carbocycles. The zero-order chi connectivity index (χ0) is 43.4. The van der Waals surface area contributed by atoms with Crippen molar-refractivity contribution in [3.8, 4) is 5.75 Å². The number of rotatable bonds is 13. The van der Waals surface area contributed by atoms with Gasteiger partial charge in [-0.15, -0.1) is 23.7 Å². The highest BCUT2D eigenvalue weighted by molar-refractivity contribution is 7.60. The van der Waals surface area contributed by atoms with Gasteiger partial charge in [-0.25, -0.2) is 0 Å². The van der Waals surface area contributed by atoms with Crippen molar-refractivity contribution in [3.05, 3.63) is 94.3 Å². The van der Waals surface area contributed by atoms with Crippen molar-refractivity contribution >= 4 is 45.7 Å². The van der Waals surface area contributed by atoms with Crippen molar-refractivity contribution < 1.29 is 21.6 Å². The predicted molar refractivity (Wildman–Crippen MR) is 289 cm³/mol. The summed E-state index contributed by atoms with van der Waals surface area (Å²) in [5.74, 6) is 0.901. The Morgan fingerprint density at radius 3 is 1.15 bits per heavy atom. The van der Waals surface area contributed by atoms with Crippen LogP contribution >= 0.6 is 39.6 Å². The highest BCUT2D eigenvalue weighted by Gasteiger charge is 2.38. The molecule has 2 aromatic carbocycles. The zero-order valence-electron chi connectivity index (χ0n) is 41.1. The van der Waals surface area contributed by atoms with Gasteiger partial charge in [0.2, 0.25) is 0 Å². The lowest BCUT2D eigenvalue weighted by Crippen LogP contribution is -3.00. The lowest BCUT2D eigenvalue weighted by molar-refractivity contribution is -0.866. The summed E-state index contributed by atoms with van der Waals surface area (Å²) < 4.78 is 6.83. The minimum Gasteiger partial charge on any atom is -1.00 e. The fourth-order valence-corrected chi connectivity index (χ4v) is 23.0. The van der Waals surface area contributed by atoms with Gasteiger partial charge in [-0.1, -0.05) is 186 Å². The van der Waals surface area contributed by atoms with Gasteiger partial charge < -0.3 is 17.1 Å². The van der Waals surface area contributed by atoms with E-state index >= 15 is 0 Å². The van der Waals surface area contributed by atoms with Crippen LogP contribution < -0.4 is 17.1 Å². The Morgan fingerprint density at radius 2 is 0.831 bits per heavy atom. The van der Waals surface area contributed by atoms with Gasteiger partial charge in [-0.3, -0.25) is 4.48 Å². The Kier molecular flexibility index (Phi) is 25.9. The second-order valence-electron chi connectivity index (χ2n) is 21.2. The standard InChI is InChI=1S/C22H24NOS.2C18H33P.2ClH/c1-23(2,17-22-14-9-15-25-22)20(16-19-10-5-3-6-11-19)18-24-21-12-7-4-8-13-21;2*1-4-10-16(11-5-1)19(17-12-6-2-7-13-17)18-14-8-3-9-15-18;;/h3-16H,17-18H2,1-2H3;2*16-18H,1-15H2;2*1H/q+1;;;;/p-1. The Hall–Kier alpha value is -0.920. The molecular weight excluding hydrogens is 892 g/mol. The number of likely N-dealkylation sites (N-methyl/N-ethyl adjacent to an activating group) is 1. The first-order chi connectivity index (χ1) is 31.0. The van der Waals surface area contributed by atoms with Crippen LogP contribution in [-0.2, 0) is 6.54 Å². The molecule has 0 N–H and O–H groups in total. The summed E-state index contributed by atoms with van der Waals surface area (Å²) in [4.78, 5) is 1.38. The summed E-state index contributed by atoms with van der Waals surface area (Å²) in [7, 11) is 5.25. The first-order valence-electron chi connectivity index (χ1n) is 26.9. The molecule has 0 spiro atoms. The van der Waals surface area contributed by atoms with Crippen molar-refractivity contribution in [2.75, 3.05) is 20.7 Å². The molecule has 65 heavy (non-hydrogen) atoms. The summed E-state index contributed by atoms with van der Waals surface area (Å²) in [6.07, 6.45) is 49.5. The molecule has 0 aliphatic heterocycles. The third-order valence-electron chi connectivity index (χ3n) is 16.1. The van der Waals surface area contributed by atoms with Crippen molar-refractivity contribution in [3.63, 3.8) is 0 Å². The normalized spacial score (nSPS) is 21.6. The van der Waals surface area contributed by atoms with E-state index in [9.17, 15) is 0 Å². The van der Waals surface area contributed by atoms with Gasteiger partial charge in [0.1, 0.15) is 18.0 Å². The molecule has 1 aromatic heterocycles. The molecule has 3 aromatic rings. The van der Waals surface area contributed by atoms with Gasteiger partial charge in [0.25, 0.3) is 0 Å². The second-order valence-corrected chi connectivity index (χ2v) is 28.4. The molecule has 9 rings (SSSR count). The highest BCUT2D eigenvalue weighted by Crippen LogP contribution is 2.63. The Labute approximate surface area is 418 Å². The number of para-hydroxylation sites is 1. The number of ether oxygens (including phenoxy) is 1. The molecule has 6 fully saturated rings. The number of hydrogen-bond donors (Lipinski definition) is 0. The van der Waals surface area contributed by atoms with Crippen LogP contribution in [0.4, 0.5) is 0 Å². The van der Waals surface area contributed by atoms with Crippen LogP contribution in [-0.4, -0.2) is 59.1 Å². The fourth-order valence-electron chi connectivity index (χ4n) is 12.8. The fraction of sp³-hybridized carbons (Fsp3) is 0.690. The maximum absolute atomic E-state index is 6.07. The molecule has 364 valence electrons. The summed E-state index contributed by atoms with van der Waals surface area (Å²) in [5, 5.41) is 2.14. The maximum atomic E-state index is 6.07. The Morgan fingerprint density at radius 1 is 0.492 bits per heavy atom. The van der Waals surface area contributed by atoms with Crippen LogP contribution in [0.3, 0.4) is 0 Å². The highest BCUT2D eigenvalue weighted by atomic mass is 35.5. The molecule has 0 amide bonds. The Balaban J connectivity index is 0.000000183. The van der Waals surface area contributed by atoms with Crippen molar-refractivity contribution in [1.82, 2.24) is 0 Å². The minimum absolute atomic E-state index is 0. The maximum Gasteiger partial charge on any atom is 0.162 e. The molecule has 6 saturated carbocycles. The van der Waals surface area contributed by atoms with E-state index in [0.717, 1.165) is 16.8 Å². The minimum atomic E-state index is 0. The Bertz CT molecular complexity index is 1510. The largest absolute Gasteiger partial charge is 1.00 e. The van der Waals surface area contributed by atoms with Gasteiger partial charge in [-0.05, 0) is 140 Å². The average Bonchev–Trinajstić information content (AvgIpc) is 3.86. The lowest BCUT2D eigenvalue weighted by Gasteiger charge is -2.44. The zero-order valence-corrected chi connectivity index (χ0v) is 45.3. The number of halogens is 2. The second kappa shape index (κ2) is 30.6. The van der Waals surface area contributed by atoms with Gasteiger partial charge in [-0.2, -0.15) is 0 Å². The van der Waals surface area contributed by atoms with Gasteiger partial charge in [0, 0.05) is 6.08 Å². The van der Waals surface area contributed by atoms with E-state index in [1.807, 2.05) is 36.4 Å². The monoisotopic (exact) mass is 982 g/mol. The van der Waals surface area contributed by atoms with Crippen molar-refractivity contribution in [1.29, 1.82) is 0 Å². The van der Waals surface area contributed by atoms with Crippen LogP contribution in [0.2, 0.25) is 0 Å². The topological polar surface area (TPSA) is 9.23 Å². The third-order valence-corrected chi connectivity index (χ3v) is 25.2. The molecule has 7 heteroatoms. The van der Waals surface area contributed by atoms with E-state index in [1.54, 1.807) is 165 Å². The summed E-state index contributed by atoms with van der Waals surface area (Å²) in [6, 6.07) is 24.8. The van der Waals surface area contributed by atoms with Crippen molar-refractivity contribution in [2.24, 2.45) is 0 Å². The molecule has 0 atom stereocenters. The van der Waals surface area contributed by atoms with Gasteiger partial charge >= 0.3 is 0 Å². The van der Waals surface area contributed by atoms with E-state index in [4.69, 9.17) is 4.74 Å². The molecule has 0 unspecified atom stereocenters. The molecule has 6 aliphatic rings. The first-order valence-corrected chi connectivity index (χ1v) is 30.9. The van der Waals surface area contributed by atoms with E-state index in [0.29, 0.717) is 22.5 Å². The molecule has 0 bridgehead atoms. The summed E-state index contributed by atoms with van der Waals surface area (Å²) in [5.41, 5.74) is 9.58. The van der Waals surface area contributed by atoms with Gasteiger partial charge in [0.05, 0.1) is 19.0 Å².